The summed E-state index contributed by atoms with van der Waals surface area (Å²) in [6.45, 7) is 3.37. The Morgan fingerprint density at radius 2 is 1.71 bits per heavy atom. The van der Waals surface area contributed by atoms with Crippen LogP contribution < -0.4 is 14.8 Å². The fraction of sp³-hybridized carbons (Fsp3) is 0.222. The number of hydrogen-bond acceptors (Lipinski definition) is 4. The number of aryl methyl sites for hydroxylation is 2. The minimum absolute atomic E-state index is 0.0957. The van der Waals surface area contributed by atoms with E-state index in [1.165, 1.54) is 0 Å². The van der Waals surface area contributed by atoms with Crippen LogP contribution in [0.2, 0.25) is 0 Å². The third-order valence-electron chi connectivity index (χ3n) is 3.20. The van der Waals surface area contributed by atoms with Gasteiger partial charge in [0.25, 0.3) is 5.91 Å². The number of amides is 1. The molecule has 126 valence electrons. The maximum absolute atomic E-state index is 11.9. The normalized spacial score (nSPS) is 10.1. The molecule has 0 radical (unpaired) electrons. The van der Waals surface area contributed by atoms with E-state index in [9.17, 15) is 9.59 Å². The van der Waals surface area contributed by atoms with Gasteiger partial charge in [-0.05, 0) is 55.3 Å². The maximum Gasteiger partial charge on any atom is 0.341 e. The number of benzene rings is 2. The van der Waals surface area contributed by atoms with Gasteiger partial charge in [0.1, 0.15) is 11.5 Å². The Kier molecular flexibility index (Phi) is 5.78. The molecule has 0 aliphatic carbocycles. The van der Waals surface area contributed by atoms with Crippen molar-refractivity contribution in [1.82, 2.24) is 0 Å². The molecule has 2 N–H and O–H groups in total. The van der Waals surface area contributed by atoms with Gasteiger partial charge in [-0.2, -0.15) is 0 Å². The van der Waals surface area contributed by atoms with Gasteiger partial charge in [0.2, 0.25) is 0 Å². The molecule has 6 heteroatoms. The Hall–Kier alpha value is -3.02. The van der Waals surface area contributed by atoms with Crippen LogP contribution in [0.3, 0.4) is 0 Å². The van der Waals surface area contributed by atoms with Gasteiger partial charge in [0.15, 0.2) is 13.2 Å². The van der Waals surface area contributed by atoms with Crippen molar-refractivity contribution in [3.8, 4) is 11.5 Å². The predicted octanol–water partition coefficient (Wildman–Crippen LogP) is 2.78. The van der Waals surface area contributed by atoms with E-state index < -0.39 is 12.6 Å². The van der Waals surface area contributed by atoms with Crippen LogP contribution in [0.15, 0.2) is 42.5 Å². The fourth-order valence-electron chi connectivity index (χ4n) is 1.98. The highest BCUT2D eigenvalue weighted by molar-refractivity contribution is 5.91. The first kappa shape index (κ1) is 17.3. The van der Waals surface area contributed by atoms with Crippen LogP contribution in [0.1, 0.15) is 11.1 Å². The van der Waals surface area contributed by atoms with Crippen LogP contribution in [0.5, 0.6) is 11.5 Å². The first-order chi connectivity index (χ1) is 11.4. The second-order valence-electron chi connectivity index (χ2n) is 5.31. The highest BCUT2D eigenvalue weighted by Gasteiger charge is 2.06. The molecule has 2 rings (SSSR count). The van der Waals surface area contributed by atoms with E-state index in [2.05, 4.69) is 5.32 Å². The zero-order chi connectivity index (χ0) is 17.5. The first-order valence-electron chi connectivity index (χ1n) is 7.38. The summed E-state index contributed by atoms with van der Waals surface area (Å²) < 4.78 is 10.6. The van der Waals surface area contributed by atoms with E-state index in [0.29, 0.717) is 17.2 Å². The van der Waals surface area contributed by atoms with Gasteiger partial charge in [-0.15, -0.1) is 0 Å². The van der Waals surface area contributed by atoms with Gasteiger partial charge in [0.05, 0.1) is 0 Å². The molecule has 0 saturated heterocycles. The molecule has 0 bridgehead atoms. The minimum atomic E-state index is -1.05. The summed E-state index contributed by atoms with van der Waals surface area (Å²) in [5.41, 5.74) is 2.61. The van der Waals surface area contributed by atoms with Gasteiger partial charge < -0.3 is 19.9 Å². The van der Waals surface area contributed by atoms with Crippen molar-refractivity contribution < 1.29 is 24.2 Å². The van der Waals surface area contributed by atoms with Crippen molar-refractivity contribution in [3.05, 3.63) is 53.6 Å². The fourth-order valence-corrected chi connectivity index (χ4v) is 1.98. The molecule has 0 atom stereocenters. The van der Waals surface area contributed by atoms with Gasteiger partial charge in [-0.25, -0.2) is 4.79 Å². The van der Waals surface area contributed by atoms with Crippen molar-refractivity contribution in [2.75, 3.05) is 18.5 Å². The molecule has 6 nitrogen and oxygen atoms in total. The van der Waals surface area contributed by atoms with Gasteiger partial charge in [-0.3, -0.25) is 4.79 Å². The molecule has 0 aliphatic rings. The van der Waals surface area contributed by atoms with Crippen molar-refractivity contribution in [1.29, 1.82) is 0 Å². The lowest BCUT2D eigenvalue weighted by molar-refractivity contribution is -0.139. The molecule has 0 saturated carbocycles. The number of nitrogens with one attached hydrogen (secondary N) is 1. The third-order valence-corrected chi connectivity index (χ3v) is 3.20. The number of carboxylic acid groups (broad SMARTS) is 1. The highest BCUT2D eigenvalue weighted by Crippen LogP contribution is 2.19. The summed E-state index contributed by atoms with van der Waals surface area (Å²) in [5, 5.41) is 11.2. The summed E-state index contributed by atoms with van der Waals surface area (Å²) >= 11 is 0. The molecule has 0 heterocycles. The zero-order valence-electron chi connectivity index (χ0n) is 13.5. The van der Waals surface area contributed by atoms with Crippen molar-refractivity contribution in [3.63, 3.8) is 0 Å². The van der Waals surface area contributed by atoms with Crippen LogP contribution in [0, 0.1) is 13.8 Å². The molecule has 0 aromatic heterocycles. The lowest BCUT2D eigenvalue weighted by atomic mass is 10.1. The Balaban J connectivity index is 1.85. The average Bonchev–Trinajstić information content (AvgIpc) is 2.55. The van der Waals surface area contributed by atoms with Crippen LogP contribution >= 0.6 is 0 Å². The smallest absolute Gasteiger partial charge is 0.341 e. The van der Waals surface area contributed by atoms with Crippen molar-refractivity contribution >= 4 is 17.6 Å². The Labute approximate surface area is 140 Å². The van der Waals surface area contributed by atoms with Crippen LogP contribution in [0.25, 0.3) is 0 Å². The maximum atomic E-state index is 11.9. The van der Waals surface area contributed by atoms with E-state index in [-0.39, 0.29) is 12.5 Å². The van der Waals surface area contributed by atoms with Crippen LogP contribution in [0.4, 0.5) is 5.69 Å². The number of anilines is 1. The number of carbonyl (C=O) groups excluding carboxylic acids is 1. The van der Waals surface area contributed by atoms with Crippen molar-refractivity contribution in [2.24, 2.45) is 0 Å². The monoisotopic (exact) mass is 329 g/mol. The quantitative estimate of drug-likeness (QED) is 0.816. The molecular weight excluding hydrogens is 310 g/mol. The van der Waals surface area contributed by atoms with Gasteiger partial charge >= 0.3 is 5.97 Å². The van der Waals surface area contributed by atoms with Crippen molar-refractivity contribution in [2.45, 2.75) is 13.8 Å². The van der Waals surface area contributed by atoms with Crippen LogP contribution in [-0.2, 0) is 9.59 Å². The summed E-state index contributed by atoms with van der Waals surface area (Å²) in [4.78, 5) is 22.4. The Bertz CT molecular complexity index is 725. The lowest BCUT2D eigenvalue weighted by Crippen LogP contribution is -2.20. The summed E-state index contributed by atoms with van der Waals surface area (Å²) in [6, 6.07) is 12.3. The molecular formula is C18H19NO5. The third kappa shape index (κ3) is 5.31. The number of rotatable bonds is 7. The SMILES string of the molecule is Cc1ccc(C)c(OCC(=O)Nc2ccc(OCC(=O)O)cc2)c1. The number of hydrogen-bond donors (Lipinski definition) is 2. The molecule has 24 heavy (non-hydrogen) atoms. The van der Waals surface area contributed by atoms with E-state index in [1.807, 2.05) is 32.0 Å². The summed E-state index contributed by atoms with van der Waals surface area (Å²) in [7, 11) is 0. The first-order valence-corrected chi connectivity index (χ1v) is 7.38. The van der Waals surface area contributed by atoms with E-state index >= 15 is 0 Å². The molecule has 2 aromatic carbocycles. The van der Waals surface area contributed by atoms with E-state index in [0.717, 1.165) is 11.1 Å². The predicted molar refractivity (Wildman–Crippen MR) is 89.6 cm³/mol. The topological polar surface area (TPSA) is 84.9 Å². The second kappa shape index (κ2) is 8.01. The Morgan fingerprint density at radius 3 is 2.38 bits per heavy atom. The van der Waals surface area contributed by atoms with Crippen LogP contribution in [-0.4, -0.2) is 30.2 Å². The summed E-state index contributed by atoms with van der Waals surface area (Å²) in [6.07, 6.45) is 0. The van der Waals surface area contributed by atoms with E-state index in [1.54, 1.807) is 24.3 Å². The number of carboxylic acids is 1. The summed E-state index contributed by atoms with van der Waals surface area (Å²) in [5.74, 6) is -0.226. The standard InChI is InChI=1S/C18H19NO5/c1-12-3-4-13(2)16(9-12)24-10-17(20)19-14-5-7-15(8-6-14)23-11-18(21)22/h3-9H,10-11H2,1-2H3,(H,19,20)(H,21,22). The lowest BCUT2D eigenvalue weighted by Gasteiger charge is -2.10. The second-order valence-corrected chi connectivity index (χ2v) is 5.31. The molecule has 0 spiro atoms. The highest BCUT2D eigenvalue weighted by atomic mass is 16.5. The molecule has 2 aromatic rings. The molecule has 0 fully saturated rings. The Morgan fingerprint density at radius 1 is 1.00 bits per heavy atom. The van der Waals surface area contributed by atoms with Gasteiger partial charge in [-0.1, -0.05) is 12.1 Å². The average molecular weight is 329 g/mol. The number of aliphatic carboxylic acids is 1. The van der Waals surface area contributed by atoms with E-state index in [4.69, 9.17) is 14.6 Å². The number of carbonyl (C=O) groups is 2. The van der Waals surface area contributed by atoms with Gasteiger partial charge in [0, 0.05) is 5.69 Å². The molecule has 0 unspecified atom stereocenters. The molecule has 0 aliphatic heterocycles. The number of ether oxygens (including phenoxy) is 2. The zero-order valence-corrected chi connectivity index (χ0v) is 13.5. The molecule has 1 amide bonds. The largest absolute Gasteiger partial charge is 0.483 e. The minimum Gasteiger partial charge on any atom is -0.483 e.